The third kappa shape index (κ3) is 4.53. The molecule has 0 saturated carbocycles. The number of nitrogens with zero attached hydrogens (tertiary/aromatic N) is 1. The molecule has 0 spiro atoms. The molecule has 1 aromatic heterocycles. The van der Waals surface area contributed by atoms with Crippen molar-refractivity contribution in [2.45, 2.75) is 0 Å². The van der Waals surface area contributed by atoms with E-state index in [1.165, 1.54) is 18.4 Å². The summed E-state index contributed by atoms with van der Waals surface area (Å²) in [6.07, 6.45) is 0. The Bertz CT molecular complexity index is 942. The first-order valence-corrected chi connectivity index (χ1v) is 8.80. The van der Waals surface area contributed by atoms with Crippen molar-refractivity contribution in [3.05, 3.63) is 64.6 Å². The standard InChI is InChI=1S/C18H17N5O3S/c1-26-16-7-6-13(22-23-18(25)15-9-27-10-20-15)8-14(16)21-17(24)11-2-4-12(19)5-3-11/h2-10,22H,19H2,1H3,(H,21,24)(H,23,25). The fourth-order valence-corrected chi connectivity index (χ4v) is 2.76. The van der Waals surface area contributed by atoms with Gasteiger partial charge in [-0.05, 0) is 42.5 Å². The molecule has 8 nitrogen and oxygen atoms in total. The topological polar surface area (TPSA) is 118 Å². The summed E-state index contributed by atoms with van der Waals surface area (Å²) in [5.41, 5.74) is 14.9. The number of ether oxygens (including phenoxy) is 1. The van der Waals surface area contributed by atoms with Crippen LogP contribution in [0.3, 0.4) is 0 Å². The molecule has 3 aromatic rings. The Morgan fingerprint density at radius 1 is 1.11 bits per heavy atom. The van der Waals surface area contributed by atoms with E-state index in [2.05, 4.69) is 21.2 Å². The van der Waals surface area contributed by atoms with Crippen molar-refractivity contribution >= 4 is 40.2 Å². The number of nitrogen functional groups attached to an aromatic ring is 1. The normalized spacial score (nSPS) is 10.1. The van der Waals surface area contributed by atoms with Crippen molar-refractivity contribution in [2.24, 2.45) is 0 Å². The number of thiazole rings is 1. The number of hydrazine groups is 1. The minimum absolute atomic E-state index is 0.308. The molecule has 5 N–H and O–H groups in total. The van der Waals surface area contributed by atoms with Crippen molar-refractivity contribution in [3.8, 4) is 5.75 Å². The number of carbonyl (C=O) groups is 2. The zero-order valence-corrected chi connectivity index (χ0v) is 15.2. The van der Waals surface area contributed by atoms with E-state index < -0.39 is 0 Å². The van der Waals surface area contributed by atoms with Crippen LogP contribution in [0.25, 0.3) is 0 Å². The molecule has 0 aliphatic rings. The van der Waals surface area contributed by atoms with Gasteiger partial charge in [-0.15, -0.1) is 11.3 Å². The number of nitrogens with one attached hydrogen (secondary N) is 3. The second-order valence-corrected chi connectivity index (χ2v) is 6.16. The molecule has 1 heterocycles. The average molecular weight is 383 g/mol. The van der Waals surface area contributed by atoms with Gasteiger partial charge in [0.15, 0.2) is 0 Å². The zero-order chi connectivity index (χ0) is 19.2. The summed E-state index contributed by atoms with van der Waals surface area (Å²) < 4.78 is 5.28. The molecule has 0 saturated heterocycles. The van der Waals surface area contributed by atoms with Gasteiger partial charge in [-0.1, -0.05) is 0 Å². The van der Waals surface area contributed by atoms with Crippen LogP contribution in [-0.2, 0) is 0 Å². The summed E-state index contributed by atoms with van der Waals surface area (Å²) in [6.45, 7) is 0. The Kier molecular flexibility index (Phi) is 5.53. The van der Waals surface area contributed by atoms with Gasteiger partial charge in [0.05, 0.1) is 24.0 Å². The Balaban J connectivity index is 1.72. The van der Waals surface area contributed by atoms with E-state index in [-0.39, 0.29) is 11.8 Å². The fraction of sp³-hybridized carbons (Fsp3) is 0.0556. The summed E-state index contributed by atoms with van der Waals surface area (Å²) in [7, 11) is 1.51. The van der Waals surface area contributed by atoms with E-state index in [4.69, 9.17) is 10.5 Å². The van der Waals surface area contributed by atoms with Crippen molar-refractivity contribution in [1.82, 2.24) is 10.4 Å². The molecule has 2 amide bonds. The first-order chi connectivity index (χ1) is 13.1. The molecule has 0 radical (unpaired) electrons. The molecule has 0 aliphatic carbocycles. The number of nitrogens with two attached hydrogens (primary N) is 1. The van der Waals surface area contributed by atoms with E-state index in [1.54, 1.807) is 53.4 Å². The van der Waals surface area contributed by atoms with Crippen molar-refractivity contribution in [2.75, 3.05) is 23.6 Å². The lowest BCUT2D eigenvalue weighted by Crippen LogP contribution is -2.29. The lowest BCUT2D eigenvalue weighted by molar-refractivity contribution is 0.0957. The van der Waals surface area contributed by atoms with E-state index in [0.29, 0.717) is 34.1 Å². The van der Waals surface area contributed by atoms with Gasteiger partial charge in [0.25, 0.3) is 11.8 Å². The fourth-order valence-electron chi connectivity index (χ4n) is 2.23. The summed E-state index contributed by atoms with van der Waals surface area (Å²) in [4.78, 5) is 28.3. The molecule has 0 atom stereocenters. The van der Waals surface area contributed by atoms with Gasteiger partial charge in [-0.25, -0.2) is 4.98 Å². The summed E-state index contributed by atoms with van der Waals surface area (Å²) in [6, 6.07) is 11.6. The average Bonchev–Trinajstić information content (AvgIpc) is 3.21. The number of aromatic nitrogens is 1. The smallest absolute Gasteiger partial charge is 0.289 e. The van der Waals surface area contributed by atoms with E-state index in [9.17, 15) is 9.59 Å². The highest BCUT2D eigenvalue weighted by Gasteiger charge is 2.12. The van der Waals surface area contributed by atoms with Crippen LogP contribution in [0.4, 0.5) is 17.1 Å². The van der Waals surface area contributed by atoms with Gasteiger partial charge in [0.1, 0.15) is 11.4 Å². The van der Waals surface area contributed by atoms with Crippen LogP contribution in [-0.4, -0.2) is 23.9 Å². The van der Waals surface area contributed by atoms with E-state index in [0.717, 1.165) is 0 Å². The number of methoxy groups -OCH3 is 1. The molecule has 2 aromatic carbocycles. The highest BCUT2D eigenvalue weighted by Crippen LogP contribution is 2.28. The lowest BCUT2D eigenvalue weighted by Gasteiger charge is -2.13. The van der Waals surface area contributed by atoms with Crippen molar-refractivity contribution in [3.63, 3.8) is 0 Å². The molecule has 0 fully saturated rings. The molecule has 0 aliphatic heterocycles. The Morgan fingerprint density at radius 3 is 2.56 bits per heavy atom. The first-order valence-electron chi connectivity index (χ1n) is 7.86. The van der Waals surface area contributed by atoms with E-state index >= 15 is 0 Å². The van der Waals surface area contributed by atoms with Gasteiger partial charge >= 0.3 is 0 Å². The lowest BCUT2D eigenvalue weighted by atomic mass is 10.2. The maximum absolute atomic E-state index is 12.4. The zero-order valence-electron chi connectivity index (χ0n) is 14.4. The number of amides is 2. The molecule has 0 bridgehead atoms. The molecule has 0 unspecified atom stereocenters. The summed E-state index contributed by atoms with van der Waals surface area (Å²) in [5.74, 6) is -0.188. The number of benzene rings is 2. The van der Waals surface area contributed by atoms with Gasteiger partial charge in [0, 0.05) is 16.6 Å². The molecule has 27 heavy (non-hydrogen) atoms. The largest absolute Gasteiger partial charge is 0.495 e. The maximum Gasteiger partial charge on any atom is 0.289 e. The SMILES string of the molecule is COc1ccc(NNC(=O)c2cscn2)cc1NC(=O)c1ccc(N)cc1. The second kappa shape index (κ2) is 8.19. The van der Waals surface area contributed by atoms with Crippen LogP contribution in [0.2, 0.25) is 0 Å². The first kappa shape index (κ1) is 18.2. The van der Waals surface area contributed by atoms with Crippen LogP contribution in [0.15, 0.2) is 53.4 Å². The molecular formula is C18H17N5O3S. The number of hydrogen-bond donors (Lipinski definition) is 4. The highest BCUT2D eigenvalue weighted by molar-refractivity contribution is 7.07. The second-order valence-electron chi connectivity index (χ2n) is 5.44. The Hall–Kier alpha value is -3.59. The van der Waals surface area contributed by atoms with Gasteiger partial charge < -0.3 is 15.8 Å². The van der Waals surface area contributed by atoms with E-state index in [1.807, 2.05) is 0 Å². The maximum atomic E-state index is 12.4. The van der Waals surface area contributed by atoms with Crippen molar-refractivity contribution < 1.29 is 14.3 Å². The quantitative estimate of drug-likeness (QED) is 0.384. The monoisotopic (exact) mass is 383 g/mol. The summed E-state index contributed by atoms with van der Waals surface area (Å²) >= 11 is 1.33. The van der Waals surface area contributed by atoms with Crippen LogP contribution in [0, 0.1) is 0 Å². The minimum Gasteiger partial charge on any atom is -0.495 e. The van der Waals surface area contributed by atoms with Gasteiger partial charge in [-0.3, -0.25) is 20.4 Å². The minimum atomic E-state index is -0.362. The molecule has 3 rings (SSSR count). The van der Waals surface area contributed by atoms with Gasteiger partial charge in [-0.2, -0.15) is 0 Å². The number of anilines is 3. The number of rotatable bonds is 6. The summed E-state index contributed by atoms with van der Waals surface area (Å²) in [5, 5.41) is 4.43. The predicted molar refractivity (Wildman–Crippen MR) is 105 cm³/mol. The van der Waals surface area contributed by atoms with Gasteiger partial charge in [0.2, 0.25) is 0 Å². The predicted octanol–water partition coefficient (Wildman–Crippen LogP) is 2.74. The van der Waals surface area contributed by atoms with Crippen LogP contribution in [0.1, 0.15) is 20.8 Å². The van der Waals surface area contributed by atoms with Crippen LogP contribution in [0.5, 0.6) is 5.75 Å². The van der Waals surface area contributed by atoms with Crippen LogP contribution < -0.4 is 26.6 Å². The molecule has 138 valence electrons. The van der Waals surface area contributed by atoms with Crippen LogP contribution >= 0.6 is 11.3 Å². The third-order valence-electron chi connectivity index (χ3n) is 3.61. The Morgan fingerprint density at radius 2 is 1.89 bits per heavy atom. The third-order valence-corrected chi connectivity index (χ3v) is 4.19. The number of hydrogen-bond acceptors (Lipinski definition) is 7. The van der Waals surface area contributed by atoms with Crippen molar-refractivity contribution in [1.29, 1.82) is 0 Å². The Labute approximate surface area is 159 Å². The highest BCUT2D eigenvalue weighted by atomic mass is 32.1. The number of carbonyl (C=O) groups excluding carboxylic acids is 2. The molecule has 9 heteroatoms. The molecular weight excluding hydrogens is 366 g/mol.